The van der Waals surface area contributed by atoms with E-state index in [9.17, 15) is 9.59 Å². The maximum absolute atomic E-state index is 13.5. The van der Waals surface area contributed by atoms with Crippen LogP contribution in [0.2, 0.25) is 0 Å². The van der Waals surface area contributed by atoms with Crippen LogP contribution in [0, 0.1) is 0 Å². The zero-order valence-electron chi connectivity index (χ0n) is 20.6. The summed E-state index contributed by atoms with van der Waals surface area (Å²) in [6.45, 7) is 7.72. The topological polar surface area (TPSA) is 68.2 Å². The Morgan fingerprint density at radius 1 is 0.861 bits per heavy atom. The standard InChI is InChI=1S/C29H31N5O2/c1-2-30-28(35)23-12-14-24(15-13-23)31-27-25-10-6-7-11-26(25)34(29(27)36)21-33-18-16-32(17-19-33)20-22-8-4-3-5-9-22/h3-15H,2,16-21H2,1H3,(H,30,35). The summed E-state index contributed by atoms with van der Waals surface area (Å²) in [5.41, 5.74) is 4.74. The number of aliphatic imine (C=N–C) groups is 1. The summed E-state index contributed by atoms with van der Waals surface area (Å²) in [6, 6.07) is 25.4. The molecule has 0 spiro atoms. The lowest BCUT2D eigenvalue weighted by Crippen LogP contribution is -2.50. The van der Waals surface area contributed by atoms with Gasteiger partial charge in [-0.25, -0.2) is 4.99 Å². The molecule has 0 saturated carbocycles. The number of carbonyl (C=O) groups is 2. The van der Waals surface area contributed by atoms with Crippen LogP contribution in [0.4, 0.5) is 11.4 Å². The molecular formula is C29H31N5O2. The summed E-state index contributed by atoms with van der Waals surface area (Å²) < 4.78 is 0. The van der Waals surface area contributed by atoms with Gasteiger partial charge in [-0.05, 0) is 42.8 Å². The quantitative estimate of drug-likeness (QED) is 0.559. The summed E-state index contributed by atoms with van der Waals surface area (Å²) in [6.07, 6.45) is 0. The molecule has 0 radical (unpaired) electrons. The molecule has 5 rings (SSSR count). The highest BCUT2D eigenvalue weighted by Crippen LogP contribution is 2.31. The van der Waals surface area contributed by atoms with Gasteiger partial charge >= 0.3 is 0 Å². The Kier molecular flexibility index (Phi) is 7.21. The Labute approximate surface area is 212 Å². The number of para-hydroxylation sites is 1. The molecule has 36 heavy (non-hydrogen) atoms. The summed E-state index contributed by atoms with van der Waals surface area (Å²) in [5, 5.41) is 2.79. The number of carbonyl (C=O) groups excluding carboxylic acids is 2. The predicted molar refractivity (Wildman–Crippen MR) is 143 cm³/mol. The highest BCUT2D eigenvalue weighted by atomic mass is 16.2. The van der Waals surface area contributed by atoms with E-state index in [0.29, 0.717) is 30.2 Å². The molecule has 1 N–H and O–H groups in total. The third-order valence-corrected chi connectivity index (χ3v) is 6.66. The van der Waals surface area contributed by atoms with Crippen molar-refractivity contribution in [3.8, 4) is 0 Å². The predicted octanol–water partition coefficient (Wildman–Crippen LogP) is 3.68. The zero-order valence-corrected chi connectivity index (χ0v) is 20.6. The fourth-order valence-corrected chi connectivity index (χ4v) is 4.72. The van der Waals surface area contributed by atoms with Crippen LogP contribution in [0.15, 0.2) is 83.9 Å². The van der Waals surface area contributed by atoms with Gasteiger partial charge < -0.3 is 5.32 Å². The fourth-order valence-electron chi connectivity index (χ4n) is 4.72. The number of piperazine rings is 1. The summed E-state index contributed by atoms with van der Waals surface area (Å²) in [4.78, 5) is 36.9. The first-order valence-corrected chi connectivity index (χ1v) is 12.5. The van der Waals surface area contributed by atoms with Crippen molar-refractivity contribution in [1.82, 2.24) is 15.1 Å². The first-order chi connectivity index (χ1) is 17.6. The Balaban J connectivity index is 1.27. The number of nitrogens with one attached hydrogen (secondary N) is 1. The van der Waals surface area contributed by atoms with Crippen LogP contribution in [0.1, 0.15) is 28.4 Å². The molecule has 3 aromatic rings. The van der Waals surface area contributed by atoms with Gasteiger partial charge in [0.2, 0.25) is 0 Å². The summed E-state index contributed by atoms with van der Waals surface area (Å²) >= 11 is 0. The number of fused-ring (bicyclic) bond motifs is 1. The van der Waals surface area contributed by atoms with Crippen molar-refractivity contribution in [2.45, 2.75) is 13.5 Å². The monoisotopic (exact) mass is 481 g/mol. The molecule has 2 aliphatic rings. The SMILES string of the molecule is CCNC(=O)c1ccc(N=C2C(=O)N(CN3CCN(Cc4ccccc4)CC3)c3ccccc32)cc1. The number of nitrogens with zero attached hydrogens (tertiary/aromatic N) is 4. The van der Waals surface area contributed by atoms with Crippen LogP contribution < -0.4 is 10.2 Å². The van der Waals surface area contributed by atoms with E-state index < -0.39 is 0 Å². The molecule has 2 amide bonds. The van der Waals surface area contributed by atoms with Crippen LogP contribution in [-0.2, 0) is 11.3 Å². The Hall–Kier alpha value is -3.81. The lowest BCUT2D eigenvalue weighted by Gasteiger charge is -2.36. The second-order valence-electron chi connectivity index (χ2n) is 9.14. The molecule has 1 fully saturated rings. The summed E-state index contributed by atoms with van der Waals surface area (Å²) in [7, 11) is 0. The van der Waals surface area contributed by atoms with Gasteiger partial charge in [-0.3, -0.25) is 24.3 Å². The number of benzene rings is 3. The third-order valence-electron chi connectivity index (χ3n) is 6.66. The van der Waals surface area contributed by atoms with E-state index in [1.807, 2.05) is 42.2 Å². The molecule has 0 unspecified atom stereocenters. The fraction of sp³-hybridized carbons (Fsp3) is 0.276. The molecular weight excluding hydrogens is 450 g/mol. The van der Waals surface area contributed by atoms with Crippen molar-refractivity contribution in [3.05, 3.63) is 95.6 Å². The molecule has 0 bridgehead atoms. The van der Waals surface area contributed by atoms with Crippen molar-refractivity contribution in [1.29, 1.82) is 0 Å². The second-order valence-corrected chi connectivity index (χ2v) is 9.14. The average molecular weight is 482 g/mol. The van der Waals surface area contributed by atoms with E-state index >= 15 is 0 Å². The number of amides is 2. The molecule has 0 aromatic heterocycles. The molecule has 0 atom stereocenters. The van der Waals surface area contributed by atoms with Crippen molar-refractivity contribution >= 4 is 28.9 Å². The maximum Gasteiger partial charge on any atom is 0.278 e. The van der Waals surface area contributed by atoms with E-state index in [2.05, 4.69) is 39.4 Å². The van der Waals surface area contributed by atoms with Crippen LogP contribution >= 0.6 is 0 Å². The van der Waals surface area contributed by atoms with Crippen molar-refractivity contribution in [3.63, 3.8) is 0 Å². The van der Waals surface area contributed by atoms with Crippen molar-refractivity contribution < 1.29 is 9.59 Å². The lowest BCUT2D eigenvalue weighted by atomic mass is 10.1. The molecule has 1 saturated heterocycles. The van der Waals surface area contributed by atoms with Crippen LogP contribution in [0.25, 0.3) is 0 Å². The van der Waals surface area contributed by atoms with Gasteiger partial charge in [-0.2, -0.15) is 0 Å². The zero-order chi connectivity index (χ0) is 24.9. The minimum Gasteiger partial charge on any atom is -0.352 e. The molecule has 7 heteroatoms. The first kappa shape index (κ1) is 23.9. The maximum atomic E-state index is 13.5. The average Bonchev–Trinajstić information content (AvgIpc) is 3.17. The summed E-state index contributed by atoms with van der Waals surface area (Å²) in [5.74, 6) is -0.204. The lowest BCUT2D eigenvalue weighted by molar-refractivity contribution is -0.112. The number of hydrogen-bond acceptors (Lipinski definition) is 5. The van der Waals surface area contributed by atoms with Gasteiger partial charge in [0, 0.05) is 50.4 Å². The largest absolute Gasteiger partial charge is 0.352 e. The molecule has 2 heterocycles. The third kappa shape index (κ3) is 5.22. The van der Waals surface area contributed by atoms with Gasteiger partial charge in [0.1, 0.15) is 5.71 Å². The van der Waals surface area contributed by atoms with Gasteiger partial charge in [0.15, 0.2) is 0 Å². The van der Waals surface area contributed by atoms with Crippen LogP contribution in [0.5, 0.6) is 0 Å². The highest BCUT2D eigenvalue weighted by molar-refractivity contribution is 6.54. The van der Waals surface area contributed by atoms with E-state index in [1.165, 1.54) is 5.56 Å². The smallest absolute Gasteiger partial charge is 0.278 e. The Morgan fingerprint density at radius 2 is 1.53 bits per heavy atom. The number of hydrogen-bond donors (Lipinski definition) is 1. The van der Waals surface area contributed by atoms with E-state index in [1.54, 1.807) is 24.3 Å². The van der Waals surface area contributed by atoms with Gasteiger partial charge in [0.25, 0.3) is 11.8 Å². The molecule has 2 aliphatic heterocycles. The molecule has 7 nitrogen and oxygen atoms in total. The number of rotatable bonds is 7. The normalized spacial score (nSPS) is 17.4. The minimum absolute atomic E-state index is 0.0873. The van der Waals surface area contributed by atoms with E-state index in [0.717, 1.165) is 44.0 Å². The Morgan fingerprint density at radius 3 is 2.25 bits per heavy atom. The van der Waals surface area contributed by atoms with E-state index in [4.69, 9.17) is 4.99 Å². The van der Waals surface area contributed by atoms with E-state index in [-0.39, 0.29) is 11.8 Å². The van der Waals surface area contributed by atoms with Gasteiger partial charge in [-0.15, -0.1) is 0 Å². The van der Waals surface area contributed by atoms with Gasteiger partial charge in [-0.1, -0.05) is 48.5 Å². The van der Waals surface area contributed by atoms with Crippen molar-refractivity contribution in [2.75, 3.05) is 44.3 Å². The Bertz CT molecular complexity index is 1250. The van der Waals surface area contributed by atoms with Crippen LogP contribution in [0.3, 0.4) is 0 Å². The molecule has 0 aliphatic carbocycles. The molecule has 184 valence electrons. The van der Waals surface area contributed by atoms with Crippen molar-refractivity contribution in [2.24, 2.45) is 4.99 Å². The number of anilines is 1. The second kappa shape index (κ2) is 10.8. The van der Waals surface area contributed by atoms with Crippen LogP contribution in [-0.4, -0.2) is 66.7 Å². The first-order valence-electron chi connectivity index (χ1n) is 12.5. The van der Waals surface area contributed by atoms with Gasteiger partial charge in [0.05, 0.1) is 18.0 Å². The minimum atomic E-state index is -0.117. The molecule has 3 aromatic carbocycles. The highest BCUT2D eigenvalue weighted by Gasteiger charge is 2.35.